The van der Waals surface area contributed by atoms with E-state index in [1.165, 1.54) is 5.56 Å². The predicted octanol–water partition coefficient (Wildman–Crippen LogP) is 3.79. The topological polar surface area (TPSA) is 21.3 Å². The lowest BCUT2D eigenvalue weighted by Crippen LogP contribution is -2.19. The van der Waals surface area contributed by atoms with Crippen molar-refractivity contribution in [3.05, 3.63) is 23.8 Å². The molecule has 0 spiro atoms. The van der Waals surface area contributed by atoms with Gasteiger partial charge in [-0.2, -0.15) is 0 Å². The van der Waals surface area contributed by atoms with Crippen molar-refractivity contribution in [1.82, 2.24) is 0 Å². The molecular formula is C11H14ClNOS. The Labute approximate surface area is 99.5 Å². The van der Waals surface area contributed by atoms with E-state index in [2.05, 4.69) is 23.8 Å². The number of fused-ring (bicyclic) bond motifs is 1. The summed E-state index contributed by atoms with van der Waals surface area (Å²) in [6, 6.07) is 6.18. The fraction of sp³-hybridized carbons (Fsp3) is 0.455. The van der Waals surface area contributed by atoms with E-state index in [9.17, 15) is 0 Å². The largest absolute Gasteiger partial charge is 0.476 e. The molecule has 15 heavy (non-hydrogen) atoms. The highest BCUT2D eigenvalue weighted by Crippen LogP contribution is 2.36. The molecule has 1 unspecified atom stereocenters. The molecule has 0 fully saturated rings. The number of halogens is 1. The van der Waals surface area contributed by atoms with Gasteiger partial charge in [-0.05, 0) is 49.4 Å². The van der Waals surface area contributed by atoms with Crippen molar-refractivity contribution in [2.24, 2.45) is 0 Å². The van der Waals surface area contributed by atoms with E-state index < -0.39 is 0 Å². The Hall–Kier alpha value is -0.540. The molecule has 0 aliphatic carbocycles. The summed E-state index contributed by atoms with van der Waals surface area (Å²) in [6.07, 6.45) is 1.97. The summed E-state index contributed by atoms with van der Waals surface area (Å²) in [7, 11) is 0. The van der Waals surface area contributed by atoms with Gasteiger partial charge < -0.3 is 9.46 Å². The van der Waals surface area contributed by atoms with Crippen molar-refractivity contribution < 1.29 is 4.74 Å². The zero-order valence-corrected chi connectivity index (χ0v) is 10.2. The molecule has 0 saturated heterocycles. The number of alkyl halides is 1. The Kier molecular flexibility index (Phi) is 3.65. The summed E-state index contributed by atoms with van der Waals surface area (Å²) in [6.45, 7) is 2.08. The van der Waals surface area contributed by atoms with Crippen LogP contribution in [-0.4, -0.2) is 11.3 Å². The Morgan fingerprint density at radius 2 is 2.40 bits per heavy atom. The van der Waals surface area contributed by atoms with Gasteiger partial charge in [0.25, 0.3) is 0 Å². The summed E-state index contributed by atoms with van der Waals surface area (Å²) >= 11 is 7.28. The van der Waals surface area contributed by atoms with Crippen molar-refractivity contribution in [3.63, 3.8) is 0 Å². The molecule has 2 nitrogen and oxygen atoms in total. The number of ether oxygens (including phenoxy) is 1. The molecule has 2 rings (SSSR count). The van der Waals surface area contributed by atoms with Gasteiger partial charge >= 0.3 is 0 Å². The zero-order chi connectivity index (χ0) is 10.7. The predicted molar refractivity (Wildman–Crippen MR) is 66.8 cm³/mol. The fourth-order valence-electron chi connectivity index (χ4n) is 1.48. The van der Waals surface area contributed by atoms with Crippen LogP contribution < -0.4 is 9.46 Å². The highest BCUT2D eigenvalue weighted by molar-refractivity contribution is 8.01. The van der Waals surface area contributed by atoms with Crippen LogP contribution in [0.1, 0.15) is 18.4 Å². The van der Waals surface area contributed by atoms with Crippen LogP contribution in [0.25, 0.3) is 0 Å². The number of rotatable bonds is 3. The molecule has 1 atom stereocenters. The van der Waals surface area contributed by atoms with Gasteiger partial charge in [-0.1, -0.05) is 6.07 Å². The van der Waals surface area contributed by atoms with E-state index in [1.807, 2.05) is 6.07 Å². The molecular weight excluding hydrogens is 230 g/mol. The Morgan fingerprint density at radius 1 is 1.53 bits per heavy atom. The highest BCUT2D eigenvalue weighted by atomic mass is 35.5. The maximum Gasteiger partial charge on any atom is 0.163 e. The first-order chi connectivity index (χ1) is 7.29. The van der Waals surface area contributed by atoms with Crippen molar-refractivity contribution in [2.75, 3.05) is 10.6 Å². The summed E-state index contributed by atoms with van der Waals surface area (Å²) < 4.78 is 9.14. The molecule has 1 aliphatic rings. The third kappa shape index (κ3) is 2.73. The SMILES string of the molecule is Cc1ccc2c(c1)NSC(CCCCl)O2. The average molecular weight is 244 g/mol. The van der Waals surface area contributed by atoms with E-state index in [0.717, 1.165) is 24.3 Å². The summed E-state index contributed by atoms with van der Waals surface area (Å²) in [5.74, 6) is 1.64. The smallest absolute Gasteiger partial charge is 0.163 e. The van der Waals surface area contributed by atoms with Gasteiger partial charge in [0.2, 0.25) is 0 Å². The normalized spacial score (nSPS) is 18.9. The molecule has 4 heteroatoms. The monoisotopic (exact) mass is 243 g/mol. The van der Waals surface area contributed by atoms with Crippen molar-refractivity contribution in [3.8, 4) is 5.75 Å². The van der Waals surface area contributed by atoms with Crippen LogP contribution in [0.4, 0.5) is 5.69 Å². The molecule has 0 amide bonds. The van der Waals surface area contributed by atoms with Crippen LogP contribution in [0.2, 0.25) is 0 Å². The highest BCUT2D eigenvalue weighted by Gasteiger charge is 2.19. The second-order valence-electron chi connectivity index (χ2n) is 3.60. The molecule has 0 saturated carbocycles. The molecule has 1 N–H and O–H groups in total. The third-order valence-electron chi connectivity index (χ3n) is 2.27. The minimum Gasteiger partial charge on any atom is -0.476 e. The Bertz CT molecular complexity index is 345. The molecule has 0 aromatic heterocycles. The van der Waals surface area contributed by atoms with Gasteiger partial charge in [0.05, 0.1) is 5.69 Å². The quantitative estimate of drug-likeness (QED) is 0.645. The molecule has 1 aromatic carbocycles. The van der Waals surface area contributed by atoms with E-state index >= 15 is 0 Å². The minimum atomic E-state index is 0.180. The number of hydrogen-bond donors (Lipinski definition) is 1. The standard InChI is InChI=1S/C11H14ClNOS/c1-8-4-5-10-9(7-8)13-15-11(14-10)3-2-6-12/h4-5,7,11,13H,2-3,6H2,1H3. The van der Waals surface area contributed by atoms with Gasteiger partial charge in [-0.15, -0.1) is 11.6 Å². The van der Waals surface area contributed by atoms with Crippen molar-refractivity contribution >= 4 is 29.2 Å². The summed E-state index contributed by atoms with van der Waals surface area (Å²) in [4.78, 5) is 0. The fourth-order valence-corrected chi connectivity index (χ4v) is 2.49. The molecule has 1 aromatic rings. The first kappa shape index (κ1) is 11.0. The first-order valence-corrected chi connectivity index (χ1v) is 6.46. The average Bonchev–Trinajstić information content (AvgIpc) is 2.26. The van der Waals surface area contributed by atoms with Gasteiger partial charge in [0.15, 0.2) is 5.44 Å². The molecule has 0 radical (unpaired) electrons. The van der Waals surface area contributed by atoms with Gasteiger partial charge in [0, 0.05) is 5.88 Å². The maximum absolute atomic E-state index is 5.83. The lowest BCUT2D eigenvalue weighted by Gasteiger charge is -2.26. The zero-order valence-electron chi connectivity index (χ0n) is 8.63. The van der Waals surface area contributed by atoms with E-state index in [1.54, 1.807) is 11.9 Å². The second kappa shape index (κ2) is 4.99. The minimum absolute atomic E-state index is 0.180. The number of anilines is 1. The van der Waals surface area contributed by atoms with E-state index in [-0.39, 0.29) is 5.44 Å². The Balaban J connectivity index is 2.03. The summed E-state index contributed by atoms with van der Waals surface area (Å²) in [5.41, 5.74) is 2.49. The Morgan fingerprint density at radius 3 is 3.20 bits per heavy atom. The number of aryl methyl sites for hydroxylation is 1. The van der Waals surface area contributed by atoms with Crippen LogP contribution in [0.15, 0.2) is 18.2 Å². The number of nitrogens with one attached hydrogen (secondary N) is 1. The van der Waals surface area contributed by atoms with Gasteiger partial charge in [0.1, 0.15) is 5.75 Å². The van der Waals surface area contributed by atoms with Crippen LogP contribution in [0, 0.1) is 6.92 Å². The van der Waals surface area contributed by atoms with E-state index in [4.69, 9.17) is 16.3 Å². The van der Waals surface area contributed by atoms with Crippen LogP contribution in [0.5, 0.6) is 5.75 Å². The maximum atomic E-state index is 5.83. The molecule has 82 valence electrons. The number of hydrogen-bond acceptors (Lipinski definition) is 3. The molecule has 0 bridgehead atoms. The summed E-state index contributed by atoms with van der Waals surface area (Å²) in [5, 5.41) is 0. The second-order valence-corrected chi connectivity index (χ2v) is 4.94. The van der Waals surface area contributed by atoms with Crippen molar-refractivity contribution in [2.45, 2.75) is 25.2 Å². The molecule has 1 aliphatic heterocycles. The molecule has 1 heterocycles. The van der Waals surface area contributed by atoms with Crippen molar-refractivity contribution in [1.29, 1.82) is 0 Å². The van der Waals surface area contributed by atoms with Gasteiger partial charge in [-0.3, -0.25) is 0 Å². The first-order valence-electron chi connectivity index (χ1n) is 5.04. The lowest BCUT2D eigenvalue weighted by molar-refractivity contribution is 0.275. The van der Waals surface area contributed by atoms with Crippen LogP contribution >= 0.6 is 23.5 Å². The van der Waals surface area contributed by atoms with Gasteiger partial charge in [-0.25, -0.2) is 0 Å². The van der Waals surface area contributed by atoms with Crippen LogP contribution in [-0.2, 0) is 0 Å². The third-order valence-corrected chi connectivity index (χ3v) is 3.47. The van der Waals surface area contributed by atoms with E-state index in [0.29, 0.717) is 5.88 Å². The lowest BCUT2D eigenvalue weighted by atomic mass is 10.2. The van der Waals surface area contributed by atoms with Crippen LogP contribution in [0.3, 0.4) is 0 Å². The number of benzene rings is 1.